The summed E-state index contributed by atoms with van der Waals surface area (Å²) in [5, 5.41) is 4.76. The van der Waals surface area contributed by atoms with E-state index in [-0.39, 0.29) is 17.6 Å². The summed E-state index contributed by atoms with van der Waals surface area (Å²) in [6.45, 7) is 13.1. The average molecular weight is 413 g/mol. The SMILES string of the molecule is C=C.CC.CC(=O)c1ccc(C#Cc2ccoc2)cc1.CNC(=O)C(C)C(=O)NC. The Morgan fingerprint density at radius 2 is 1.37 bits per heavy atom. The van der Waals surface area contributed by atoms with Gasteiger partial charge in [0.15, 0.2) is 5.78 Å². The van der Waals surface area contributed by atoms with Crippen molar-refractivity contribution in [1.82, 2.24) is 10.6 Å². The number of furan rings is 1. The van der Waals surface area contributed by atoms with E-state index in [2.05, 4.69) is 35.6 Å². The molecular weight excluding hydrogens is 380 g/mol. The Balaban J connectivity index is 0. The van der Waals surface area contributed by atoms with Gasteiger partial charge in [0.25, 0.3) is 0 Å². The molecule has 0 fully saturated rings. The number of rotatable bonds is 3. The summed E-state index contributed by atoms with van der Waals surface area (Å²) < 4.78 is 4.91. The minimum Gasteiger partial charge on any atom is -0.471 e. The van der Waals surface area contributed by atoms with Gasteiger partial charge in [-0.2, -0.15) is 0 Å². The number of ketones is 1. The van der Waals surface area contributed by atoms with Gasteiger partial charge >= 0.3 is 0 Å². The van der Waals surface area contributed by atoms with Crippen molar-refractivity contribution in [3.63, 3.8) is 0 Å². The molecule has 0 saturated carbocycles. The van der Waals surface area contributed by atoms with Crippen molar-refractivity contribution in [2.24, 2.45) is 5.92 Å². The number of amides is 2. The molecule has 0 unspecified atom stereocenters. The third kappa shape index (κ3) is 11.3. The highest BCUT2D eigenvalue weighted by atomic mass is 16.3. The van der Waals surface area contributed by atoms with Crippen LogP contribution >= 0.6 is 0 Å². The zero-order valence-corrected chi connectivity index (χ0v) is 18.7. The molecular formula is C24H32N2O4. The third-order valence-electron chi connectivity index (χ3n) is 3.44. The lowest BCUT2D eigenvalue weighted by atomic mass is 10.1. The molecule has 0 aliphatic carbocycles. The molecule has 0 radical (unpaired) electrons. The van der Waals surface area contributed by atoms with Gasteiger partial charge < -0.3 is 15.1 Å². The number of hydrogen-bond donors (Lipinski definition) is 2. The van der Waals surface area contributed by atoms with Crippen molar-refractivity contribution in [1.29, 1.82) is 0 Å². The lowest BCUT2D eigenvalue weighted by Crippen LogP contribution is -2.36. The van der Waals surface area contributed by atoms with Crippen molar-refractivity contribution in [3.8, 4) is 11.8 Å². The number of benzene rings is 1. The fourth-order valence-electron chi connectivity index (χ4n) is 1.82. The smallest absolute Gasteiger partial charge is 0.232 e. The number of carbonyl (C=O) groups is 3. The van der Waals surface area contributed by atoms with E-state index in [1.165, 1.54) is 14.1 Å². The molecule has 1 heterocycles. The van der Waals surface area contributed by atoms with E-state index in [9.17, 15) is 14.4 Å². The third-order valence-corrected chi connectivity index (χ3v) is 3.44. The quantitative estimate of drug-likeness (QED) is 0.347. The van der Waals surface area contributed by atoms with Crippen LogP contribution in [0.1, 0.15) is 49.2 Å². The highest BCUT2D eigenvalue weighted by Gasteiger charge is 2.17. The molecule has 0 aliphatic rings. The molecule has 1 aromatic carbocycles. The van der Waals surface area contributed by atoms with E-state index in [1.54, 1.807) is 44.6 Å². The summed E-state index contributed by atoms with van der Waals surface area (Å²) in [7, 11) is 3.00. The minimum absolute atomic E-state index is 0.0642. The maximum atomic E-state index is 11.1. The number of hydrogen-bond acceptors (Lipinski definition) is 4. The second kappa shape index (κ2) is 17.5. The zero-order chi connectivity index (χ0) is 23.5. The maximum Gasteiger partial charge on any atom is 0.232 e. The van der Waals surface area contributed by atoms with Crippen LogP contribution in [0.25, 0.3) is 0 Å². The Morgan fingerprint density at radius 3 is 1.73 bits per heavy atom. The summed E-state index contributed by atoms with van der Waals surface area (Å²) in [5.74, 6) is 4.89. The summed E-state index contributed by atoms with van der Waals surface area (Å²) in [6.07, 6.45) is 3.18. The van der Waals surface area contributed by atoms with Gasteiger partial charge in [0, 0.05) is 25.2 Å². The zero-order valence-electron chi connectivity index (χ0n) is 18.7. The topological polar surface area (TPSA) is 88.4 Å². The van der Waals surface area contributed by atoms with Gasteiger partial charge in [-0.05, 0) is 32.0 Å². The first-order chi connectivity index (χ1) is 14.4. The molecule has 0 atom stereocenters. The van der Waals surface area contributed by atoms with Crippen molar-refractivity contribution in [3.05, 3.63) is 72.7 Å². The normalized spacial score (nSPS) is 8.37. The van der Waals surface area contributed by atoms with E-state index in [4.69, 9.17) is 4.42 Å². The van der Waals surface area contributed by atoms with Crippen LogP contribution < -0.4 is 10.6 Å². The van der Waals surface area contributed by atoms with E-state index in [1.807, 2.05) is 26.0 Å². The summed E-state index contributed by atoms with van der Waals surface area (Å²) in [6, 6.07) is 9.04. The average Bonchev–Trinajstić information content (AvgIpc) is 3.33. The predicted octanol–water partition coefficient (Wildman–Crippen LogP) is 3.82. The van der Waals surface area contributed by atoms with Crippen molar-refractivity contribution < 1.29 is 18.8 Å². The van der Waals surface area contributed by atoms with E-state index in [0.717, 1.165) is 11.1 Å². The Hall–Kier alpha value is -3.59. The van der Waals surface area contributed by atoms with Gasteiger partial charge in [-0.1, -0.05) is 37.8 Å². The van der Waals surface area contributed by atoms with Crippen LogP contribution in [0.3, 0.4) is 0 Å². The molecule has 2 amide bonds. The lowest BCUT2D eigenvalue weighted by Gasteiger charge is -2.06. The highest BCUT2D eigenvalue weighted by Crippen LogP contribution is 2.04. The summed E-state index contributed by atoms with van der Waals surface area (Å²) in [4.78, 5) is 32.5. The largest absolute Gasteiger partial charge is 0.471 e. The van der Waals surface area contributed by atoms with E-state index in [0.29, 0.717) is 5.56 Å². The van der Waals surface area contributed by atoms with Crippen molar-refractivity contribution >= 4 is 17.6 Å². The Bertz CT molecular complexity index is 797. The van der Waals surface area contributed by atoms with Crippen LogP contribution in [0.2, 0.25) is 0 Å². The number of nitrogens with one attached hydrogen (secondary N) is 2. The fourth-order valence-corrected chi connectivity index (χ4v) is 1.82. The van der Waals surface area contributed by atoms with Crippen LogP contribution in [-0.2, 0) is 9.59 Å². The molecule has 0 spiro atoms. The number of carbonyl (C=O) groups excluding carboxylic acids is 3. The Labute approximate surface area is 179 Å². The monoisotopic (exact) mass is 412 g/mol. The first kappa shape index (κ1) is 28.6. The van der Waals surface area contributed by atoms with Gasteiger partial charge in [-0.15, -0.1) is 13.2 Å². The first-order valence-corrected chi connectivity index (χ1v) is 9.47. The van der Waals surface area contributed by atoms with Crippen molar-refractivity contribution in [2.45, 2.75) is 27.7 Å². The fraction of sp³-hybridized carbons (Fsp3) is 0.292. The molecule has 0 saturated heterocycles. The molecule has 6 nitrogen and oxygen atoms in total. The van der Waals surface area contributed by atoms with Crippen molar-refractivity contribution in [2.75, 3.05) is 14.1 Å². The molecule has 6 heteroatoms. The second-order valence-electron chi connectivity index (χ2n) is 5.35. The predicted molar refractivity (Wildman–Crippen MR) is 121 cm³/mol. The molecule has 2 N–H and O–H groups in total. The number of Topliss-reactive ketones (excluding diaryl/α,β-unsaturated/α-hetero) is 1. The standard InChI is InChI=1S/C14H10O2.C6H12N2O2.C2H6.C2H4/c1-11(15)14-6-4-12(5-7-14)2-3-13-8-9-16-10-13;1-4(5(9)7-2)6(10)8-3;2*1-2/h4-10H,1H3;4H,1-3H3,(H,7,9)(H,8,10);1-2H3;1-2H2. The summed E-state index contributed by atoms with van der Waals surface area (Å²) in [5.41, 5.74) is 2.43. The molecule has 2 rings (SSSR count). The Morgan fingerprint density at radius 1 is 0.900 bits per heavy atom. The second-order valence-corrected chi connectivity index (χ2v) is 5.35. The van der Waals surface area contributed by atoms with E-state index < -0.39 is 5.92 Å². The molecule has 0 aliphatic heterocycles. The van der Waals surface area contributed by atoms with Gasteiger partial charge in [-0.3, -0.25) is 14.4 Å². The molecule has 30 heavy (non-hydrogen) atoms. The van der Waals surface area contributed by atoms with Crippen LogP contribution in [0, 0.1) is 17.8 Å². The minimum atomic E-state index is -0.602. The van der Waals surface area contributed by atoms with Gasteiger partial charge in [0.05, 0.1) is 11.8 Å². The summed E-state index contributed by atoms with van der Waals surface area (Å²) >= 11 is 0. The highest BCUT2D eigenvalue weighted by molar-refractivity contribution is 5.99. The Kier molecular flexibility index (Phi) is 16.7. The van der Waals surface area contributed by atoms with Crippen LogP contribution in [0.4, 0.5) is 0 Å². The molecule has 0 bridgehead atoms. The van der Waals surface area contributed by atoms with Gasteiger partial charge in [-0.25, -0.2) is 0 Å². The van der Waals surface area contributed by atoms with Gasteiger partial charge in [0.2, 0.25) is 11.8 Å². The molecule has 162 valence electrons. The van der Waals surface area contributed by atoms with Crippen LogP contribution in [0.5, 0.6) is 0 Å². The van der Waals surface area contributed by atoms with Crippen LogP contribution in [-0.4, -0.2) is 31.7 Å². The molecule has 2 aromatic rings. The van der Waals surface area contributed by atoms with Gasteiger partial charge in [0.1, 0.15) is 12.2 Å². The maximum absolute atomic E-state index is 11.1. The lowest BCUT2D eigenvalue weighted by molar-refractivity contribution is -0.133. The van der Waals surface area contributed by atoms with E-state index >= 15 is 0 Å². The first-order valence-electron chi connectivity index (χ1n) is 9.47. The van der Waals surface area contributed by atoms with Crippen LogP contribution in [0.15, 0.2) is 60.4 Å². The molecule has 1 aromatic heterocycles.